The van der Waals surface area contributed by atoms with Gasteiger partial charge in [0.1, 0.15) is 0 Å². The van der Waals surface area contributed by atoms with Crippen molar-refractivity contribution in [1.29, 1.82) is 0 Å². The molecule has 0 bridgehead atoms. The van der Waals surface area contributed by atoms with Gasteiger partial charge in [-0.1, -0.05) is 48.5 Å². The number of benzene rings is 2. The minimum Gasteiger partial charge on any atom is -0.460 e. The summed E-state index contributed by atoms with van der Waals surface area (Å²) < 4.78 is 4.64. The zero-order valence-electron chi connectivity index (χ0n) is 10.6. The maximum absolute atomic E-state index is 11.5. The number of carbonyl (C=O) groups excluding carboxylic acids is 2. The van der Waals surface area contributed by atoms with Gasteiger partial charge in [0.25, 0.3) is 5.78 Å². The first-order valence-electron chi connectivity index (χ1n) is 6.09. The average Bonchev–Trinajstić information content (AvgIpc) is 2.45. The topological polar surface area (TPSA) is 43.4 Å². The van der Waals surface area contributed by atoms with Crippen molar-refractivity contribution in [3.05, 3.63) is 54.1 Å². The Morgan fingerprint density at radius 3 is 2.63 bits per heavy atom. The molecule has 0 atom stereocenters. The van der Waals surface area contributed by atoms with Crippen LogP contribution < -0.4 is 0 Å². The summed E-state index contributed by atoms with van der Waals surface area (Å²) in [5.74, 6) is -1.46. The molecule has 0 radical (unpaired) electrons. The third-order valence-corrected chi connectivity index (χ3v) is 2.71. The lowest BCUT2D eigenvalue weighted by Crippen LogP contribution is -2.14. The fraction of sp³-hybridized carbons (Fsp3) is 0.125. The van der Waals surface area contributed by atoms with Crippen molar-refractivity contribution >= 4 is 28.6 Å². The quantitative estimate of drug-likeness (QED) is 0.478. The van der Waals surface area contributed by atoms with Crippen LogP contribution in [-0.4, -0.2) is 18.4 Å². The molecule has 3 nitrogen and oxygen atoms in total. The van der Waals surface area contributed by atoms with Crippen LogP contribution in [0.5, 0.6) is 0 Å². The molecule has 0 fully saturated rings. The van der Waals surface area contributed by atoms with Crippen LogP contribution in [0.4, 0.5) is 0 Å². The molecule has 0 aliphatic rings. The van der Waals surface area contributed by atoms with E-state index in [1.165, 1.54) is 6.08 Å². The standard InChI is InChI=1S/C16H14O3/c1-2-19-16(18)15(17)11-10-13-8-5-7-12-6-3-4-9-14(12)13/h3-11H,2H2,1H3/b11-10+. The molecule has 0 spiro atoms. The second-order valence-electron chi connectivity index (χ2n) is 3.99. The maximum Gasteiger partial charge on any atom is 0.379 e. The van der Waals surface area contributed by atoms with Crippen LogP contribution in [0.1, 0.15) is 12.5 Å². The van der Waals surface area contributed by atoms with Crippen LogP contribution in [0.15, 0.2) is 48.5 Å². The van der Waals surface area contributed by atoms with Crippen molar-refractivity contribution in [2.24, 2.45) is 0 Å². The van der Waals surface area contributed by atoms with Gasteiger partial charge in [0.05, 0.1) is 6.61 Å². The molecular formula is C16H14O3. The van der Waals surface area contributed by atoms with E-state index in [2.05, 4.69) is 4.74 Å². The Bertz CT molecular complexity index is 636. The van der Waals surface area contributed by atoms with Crippen LogP contribution in [0.25, 0.3) is 16.8 Å². The monoisotopic (exact) mass is 254 g/mol. The molecule has 2 aromatic carbocycles. The Labute approximate surface area is 111 Å². The molecule has 0 aliphatic heterocycles. The Morgan fingerprint density at radius 1 is 1.11 bits per heavy atom. The van der Waals surface area contributed by atoms with E-state index in [1.54, 1.807) is 13.0 Å². The lowest BCUT2D eigenvalue weighted by Gasteiger charge is -2.01. The molecule has 0 aliphatic carbocycles. The lowest BCUT2D eigenvalue weighted by atomic mass is 10.0. The van der Waals surface area contributed by atoms with Crippen LogP contribution in [0.3, 0.4) is 0 Å². The Balaban J connectivity index is 2.26. The zero-order valence-corrected chi connectivity index (χ0v) is 10.6. The number of hydrogen-bond donors (Lipinski definition) is 0. The first-order valence-corrected chi connectivity index (χ1v) is 6.09. The van der Waals surface area contributed by atoms with Gasteiger partial charge in [-0.25, -0.2) is 4.79 Å². The normalized spacial score (nSPS) is 10.8. The van der Waals surface area contributed by atoms with E-state index in [4.69, 9.17) is 0 Å². The van der Waals surface area contributed by atoms with Crippen molar-refractivity contribution in [2.45, 2.75) is 6.92 Å². The van der Waals surface area contributed by atoms with E-state index >= 15 is 0 Å². The van der Waals surface area contributed by atoms with E-state index in [9.17, 15) is 9.59 Å². The summed E-state index contributed by atoms with van der Waals surface area (Å²) in [6.07, 6.45) is 2.89. The third kappa shape index (κ3) is 3.07. The maximum atomic E-state index is 11.5. The van der Waals surface area contributed by atoms with Gasteiger partial charge in [-0.15, -0.1) is 0 Å². The first kappa shape index (κ1) is 13.0. The SMILES string of the molecule is CCOC(=O)C(=O)/C=C/c1cccc2ccccc12. The zero-order chi connectivity index (χ0) is 13.7. The Kier molecular flexibility index (Phi) is 4.08. The van der Waals surface area contributed by atoms with E-state index in [1.807, 2.05) is 42.5 Å². The summed E-state index contributed by atoms with van der Waals surface area (Å²) in [6.45, 7) is 1.87. The molecule has 0 unspecified atom stereocenters. The molecule has 3 heteroatoms. The molecular weight excluding hydrogens is 240 g/mol. The largest absolute Gasteiger partial charge is 0.460 e. The van der Waals surface area contributed by atoms with Crippen LogP contribution >= 0.6 is 0 Å². The van der Waals surface area contributed by atoms with Crippen molar-refractivity contribution in [3.8, 4) is 0 Å². The summed E-state index contributed by atoms with van der Waals surface area (Å²) in [7, 11) is 0. The molecule has 0 saturated carbocycles. The molecule has 19 heavy (non-hydrogen) atoms. The van der Waals surface area contributed by atoms with Gasteiger partial charge in [-0.2, -0.15) is 0 Å². The van der Waals surface area contributed by atoms with Crippen LogP contribution in [-0.2, 0) is 14.3 Å². The van der Waals surface area contributed by atoms with Gasteiger partial charge in [0.2, 0.25) is 0 Å². The fourth-order valence-corrected chi connectivity index (χ4v) is 1.83. The Morgan fingerprint density at radius 2 is 1.84 bits per heavy atom. The predicted octanol–water partition coefficient (Wildman–Crippen LogP) is 2.99. The van der Waals surface area contributed by atoms with E-state index in [0.717, 1.165) is 16.3 Å². The summed E-state index contributed by atoms with van der Waals surface area (Å²) >= 11 is 0. The average molecular weight is 254 g/mol. The van der Waals surface area contributed by atoms with Crippen molar-refractivity contribution in [3.63, 3.8) is 0 Å². The van der Waals surface area contributed by atoms with Crippen molar-refractivity contribution in [2.75, 3.05) is 6.61 Å². The summed E-state index contributed by atoms with van der Waals surface area (Å²) in [5, 5.41) is 2.13. The number of rotatable bonds is 4. The van der Waals surface area contributed by atoms with E-state index in [0.29, 0.717) is 0 Å². The van der Waals surface area contributed by atoms with Crippen molar-refractivity contribution < 1.29 is 14.3 Å². The van der Waals surface area contributed by atoms with Gasteiger partial charge in [0.15, 0.2) is 0 Å². The third-order valence-electron chi connectivity index (χ3n) is 2.71. The molecule has 0 amide bonds. The smallest absolute Gasteiger partial charge is 0.379 e. The highest BCUT2D eigenvalue weighted by atomic mass is 16.5. The fourth-order valence-electron chi connectivity index (χ4n) is 1.83. The molecule has 0 aromatic heterocycles. The van der Waals surface area contributed by atoms with Gasteiger partial charge < -0.3 is 4.74 Å². The molecule has 2 rings (SSSR count). The van der Waals surface area contributed by atoms with E-state index in [-0.39, 0.29) is 6.61 Å². The first-order chi connectivity index (χ1) is 9.22. The van der Waals surface area contributed by atoms with Gasteiger partial charge in [-0.05, 0) is 29.3 Å². The van der Waals surface area contributed by atoms with E-state index < -0.39 is 11.8 Å². The second kappa shape index (κ2) is 5.96. The molecule has 0 heterocycles. The second-order valence-corrected chi connectivity index (χ2v) is 3.99. The number of ketones is 1. The van der Waals surface area contributed by atoms with Crippen LogP contribution in [0.2, 0.25) is 0 Å². The Hall–Kier alpha value is -2.42. The molecule has 2 aromatic rings. The molecule has 0 saturated heterocycles. The number of hydrogen-bond acceptors (Lipinski definition) is 3. The van der Waals surface area contributed by atoms with Crippen LogP contribution in [0, 0.1) is 0 Å². The number of fused-ring (bicyclic) bond motifs is 1. The lowest BCUT2D eigenvalue weighted by molar-refractivity contribution is -0.151. The predicted molar refractivity (Wildman–Crippen MR) is 74.6 cm³/mol. The molecule has 96 valence electrons. The van der Waals surface area contributed by atoms with Gasteiger partial charge in [0, 0.05) is 0 Å². The highest BCUT2D eigenvalue weighted by molar-refractivity contribution is 6.39. The molecule has 0 N–H and O–H groups in total. The highest BCUT2D eigenvalue weighted by Crippen LogP contribution is 2.19. The van der Waals surface area contributed by atoms with Crippen molar-refractivity contribution in [1.82, 2.24) is 0 Å². The number of esters is 1. The summed E-state index contributed by atoms with van der Waals surface area (Å²) in [6, 6.07) is 13.7. The minimum atomic E-state index is -0.820. The number of ether oxygens (including phenoxy) is 1. The highest BCUT2D eigenvalue weighted by Gasteiger charge is 2.10. The minimum absolute atomic E-state index is 0.201. The summed E-state index contributed by atoms with van der Waals surface area (Å²) in [4.78, 5) is 22.7. The van der Waals surface area contributed by atoms with Gasteiger partial charge >= 0.3 is 5.97 Å². The number of carbonyl (C=O) groups is 2. The van der Waals surface area contributed by atoms with Gasteiger partial charge in [-0.3, -0.25) is 4.79 Å². The summed E-state index contributed by atoms with van der Waals surface area (Å²) in [5.41, 5.74) is 0.899.